The second-order valence-electron chi connectivity index (χ2n) is 6.21. The SMILES string of the molecule is Fc1cc(Cl)cc(Oc2ccc(SC(F)F)c(CNC3CCOCC3)c2Cl)c1. The first-order valence-electron chi connectivity index (χ1n) is 8.63. The fourth-order valence-electron chi connectivity index (χ4n) is 2.89. The zero-order valence-corrected chi connectivity index (χ0v) is 17.0. The van der Waals surface area contributed by atoms with Gasteiger partial charge in [0.15, 0.2) is 0 Å². The van der Waals surface area contributed by atoms with Crippen molar-refractivity contribution in [2.24, 2.45) is 0 Å². The van der Waals surface area contributed by atoms with Crippen molar-refractivity contribution in [3.8, 4) is 11.5 Å². The van der Waals surface area contributed by atoms with Crippen LogP contribution in [0.3, 0.4) is 0 Å². The molecule has 3 rings (SSSR count). The van der Waals surface area contributed by atoms with Crippen LogP contribution in [-0.2, 0) is 11.3 Å². The molecule has 2 aromatic rings. The van der Waals surface area contributed by atoms with E-state index in [1.807, 2.05) is 0 Å². The van der Waals surface area contributed by atoms with Gasteiger partial charge in [0.1, 0.15) is 17.3 Å². The molecule has 0 aromatic heterocycles. The largest absolute Gasteiger partial charge is 0.456 e. The van der Waals surface area contributed by atoms with E-state index in [1.165, 1.54) is 24.3 Å². The maximum Gasteiger partial charge on any atom is 0.288 e. The number of halogens is 5. The van der Waals surface area contributed by atoms with E-state index in [4.69, 9.17) is 32.7 Å². The molecule has 3 nitrogen and oxygen atoms in total. The van der Waals surface area contributed by atoms with Gasteiger partial charge in [-0.2, -0.15) is 8.78 Å². The average molecular weight is 452 g/mol. The summed E-state index contributed by atoms with van der Waals surface area (Å²) in [5.41, 5.74) is 0.512. The Morgan fingerprint density at radius 1 is 1.18 bits per heavy atom. The molecule has 0 aliphatic carbocycles. The molecule has 1 aliphatic rings. The van der Waals surface area contributed by atoms with Crippen molar-refractivity contribution in [3.05, 3.63) is 51.8 Å². The van der Waals surface area contributed by atoms with Crippen molar-refractivity contribution >= 4 is 35.0 Å². The van der Waals surface area contributed by atoms with Crippen LogP contribution in [0.25, 0.3) is 0 Å². The van der Waals surface area contributed by atoms with Crippen molar-refractivity contribution in [1.29, 1.82) is 0 Å². The second-order valence-corrected chi connectivity index (χ2v) is 8.05. The molecule has 0 bridgehead atoms. The number of hydrogen-bond acceptors (Lipinski definition) is 4. The summed E-state index contributed by atoms with van der Waals surface area (Å²) in [6.45, 7) is 1.63. The number of rotatable bonds is 7. The second kappa shape index (κ2) is 10.1. The fourth-order valence-corrected chi connectivity index (χ4v) is 4.09. The quantitative estimate of drug-likeness (QED) is 0.486. The summed E-state index contributed by atoms with van der Waals surface area (Å²) >= 11 is 12.7. The van der Waals surface area contributed by atoms with Crippen LogP contribution >= 0.6 is 35.0 Å². The monoisotopic (exact) mass is 451 g/mol. The molecule has 152 valence electrons. The number of alkyl halides is 2. The van der Waals surface area contributed by atoms with Crippen LogP contribution in [-0.4, -0.2) is 25.0 Å². The third-order valence-electron chi connectivity index (χ3n) is 4.23. The highest BCUT2D eigenvalue weighted by Crippen LogP contribution is 2.40. The Morgan fingerprint density at radius 3 is 2.61 bits per heavy atom. The van der Waals surface area contributed by atoms with Crippen molar-refractivity contribution in [1.82, 2.24) is 5.32 Å². The highest BCUT2D eigenvalue weighted by Gasteiger charge is 2.20. The molecule has 0 saturated carbocycles. The maximum atomic E-state index is 13.5. The molecule has 0 spiro atoms. The Morgan fingerprint density at radius 2 is 1.93 bits per heavy atom. The van der Waals surface area contributed by atoms with Gasteiger partial charge in [-0.15, -0.1) is 0 Å². The standard InChI is InChI=1S/C19H18Cl2F3NO2S/c20-11-7-12(22)9-14(8-11)27-16-1-2-17(28-19(23)24)15(18(16)21)10-25-13-3-5-26-6-4-13/h1-2,7-9,13,19,25H,3-6,10H2. The van der Waals surface area contributed by atoms with E-state index in [9.17, 15) is 13.2 Å². The molecule has 1 N–H and O–H groups in total. The highest BCUT2D eigenvalue weighted by molar-refractivity contribution is 7.99. The first kappa shape index (κ1) is 21.6. The molecule has 2 aromatic carbocycles. The number of thioether (sulfide) groups is 1. The molecule has 1 aliphatic heterocycles. The average Bonchev–Trinajstić information content (AvgIpc) is 2.63. The van der Waals surface area contributed by atoms with Crippen LogP contribution in [0.1, 0.15) is 18.4 Å². The lowest BCUT2D eigenvalue weighted by atomic mass is 10.1. The molecule has 28 heavy (non-hydrogen) atoms. The molecular formula is C19H18Cl2F3NO2S. The van der Waals surface area contributed by atoms with E-state index in [-0.39, 0.29) is 27.6 Å². The predicted molar refractivity (Wildman–Crippen MR) is 105 cm³/mol. The summed E-state index contributed by atoms with van der Waals surface area (Å²) in [7, 11) is 0. The molecule has 0 radical (unpaired) electrons. The molecule has 9 heteroatoms. The Kier molecular flexibility index (Phi) is 7.77. The van der Waals surface area contributed by atoms with Gasteiger partial charge in [0.05, 0.1) is 5.02 Å². The highest BCUT2D eigenvalue weighted by atomic mass is 35.5. The van der Waals surface area contributed by atoms with Gasteiger partial charge >= 0.3 is 0 Å². The third kappa shape index (κ3) is 5.94. The lowest BCUT2D eigenvalue weighted by Crippen LogP contribution is -2.34. The van der Waals surface area contributed by atoms with Gasteiger partial charge in [0.2, 0.25) is 0 Å². The summed E-state index contributed by atoms with van der Waals surface area (Å²) in [5.74, 6) is -2.72. The topological polar surface area (TPSA) is 30.5 Å². The van der Waals surface area contributed by atoms with Crippen LogP contribution in [0, 0.1) is 5.82 Å². The summed E-state index contributed by atoms with van der Waals surface area (Å²) in [6, 6.07) is 7.01. The Labute approximate surface area is 175 Å². The van der Waals surface area contributed by atoms with Crippen molar-refractivity contribution in [2.75, 3.05) is 13.2 Å². The number of hydrogen-bond donors (Lipinski definition) is 1. The zero-order valence-electron chi connectivity index (χ0n) is 14.7. The predicted octanol–water partition coefficient (Wildman–Crippen LogP) is 6.51. The van der Waals surface area contributed by atoms with E-state index >= 15 is 0 Å². The van der Waals surface area contributed by atoms with E-state index in [1.54, 1.807) is 0 Å². The lowest BCUT2D eigenvalue weighted by Gasteiger charge is -2.24. The van der Waals surface area contributed by atoms with Crippen LogP contribution in [0.2, 0.25) is 10.0 Å². The van der Waals surface area contributed by atoms with Crippen LogP contribution < -0.4 is 10.1 Å². The molecule has 1 saturated heterocycles. The van der Waals surface area contributed by atoms with E-state index < -0.39 is 11.6 Å². The first-order valence-corrected chi connectivity index (χ1v) is 10.3. The van der Waals surface area contributed by atoms with Gasteiger partial charge < -0.3 is 14.8 Å². The van der Waals surface area contributed by atoms with E-state index in [0.717, 1.165) is 18.9 Å². The number of ether oxygens (including phenoxy) is 2. The number of nitrogens with one attached hydrogen (secondary N) is 1. The summed E-state index contributed by atoms with van der Waals surface area (Å²) in [5, 5.41) is 3.72. The van der Waals surface area contributed by atoms with Crippen LogP contribution in [0.4, 0.5) is 13.2 Å². The lowest BCUT2D eigenvalue weighted by molar-refractivity contribution is 0.0775. The molecule has 0 atom stereocenters. The van der Waals surface area contributed by atoms with Gasteiger partial charge in [-0.3, -0.25) is 0 Å². The van der Waals surface area contributed by atoms with E-state index in [2.05, 4.69) is 5.32 Å². The molecule has 1 heterocycles. The first-order chi connectivity index (χ1) is 13.4. The van der Waals surface area contributed by atoms with Crippen molar-refractivity contribution < 1.29 is 22.6 Å². The number of benzene rings is 2. The normalized spacial score (nSPS) is 15.2. The van der Waals surface area contributed by atoms with Gasteiger partial charge in [-0.05, 0) is 37.1 Å². The minimum atomic E-state index is -2.58. The molecule has 1 fully saturated rings. The summed E-state index contributed by atoms with van der Waals surface area (Å²) in [4.78, 5) is 0.365. The van der Waals surface area contributed by atoms with E-state index in [0.29, 0.717) is 42.0 Å². The van der Waals surface area contributed by atoms with Gasteiger partial charge in [-0.25, -0.2) is 4.39 Å². The Hall–Kier alpha value is -1.12. The minimum absolute atomic E-state index is 0.171. The minimum Gasteiger partial charge on any atom is -0.456 e. The smallest absolute Gasteiger partial charge is 0.288 e. The Bertz CT molecular complexity index is 800. The third-order valence-corrected chi connectivity index (χ3v) is 5.68. The van der Waals surface area contributed by atoms with Crippen LogP contribution in [0.5, 0.6) is 11.5 Å². The summed E-state index contributed by atoms with van der Waals surface area (Å²) < 4.78 is 50.4. The van der Waals surface area contributed by atoms with Crippen LogP contribution in [0.15, 0.2) is 35.2 Å². The molecule has 0 unspecified atom stereocenters. The van der Waals surface area contributed by atoms with Crippen molar-refractivity contribution in [2.45, 2.75) is 36.1 Å². The van der Waals surface area contributed by atoms with Gasteiger partial charge in [0, 0.05) is 47.3 Å². The molecule has 0 amide bonds. The Balaban J connectivity index is 1.84. The van der Waals surface area contributed by atoms with Gasteiger partial charge in [0.25, 0.3) is 5.76 Å². The summed E-state index contributed by atoms with van der Waals surface area (Å²) in [6.07, 6.45) is 1.68. The van der Waals surface area contributed by atoms with Crippen molar-refractivity contribution in [3.63, 3.8) is 0 Å². The van der Waals surface area contributed by atoms with Gasteiger partial charge in [-0.1, -0.05) is 35.0 Å². The maximum absolute atomic E-state index is 13.5. The molecular weight excluding hydrogens is 434 g/mol. The zero-order chi connectivity index (χ0) is 20.1. The fraction of sp³-hybridized carbons (Fsp3) is 0.368.